The number of fused-ring (bicyclic) bond motifs is 1. The molecule has 1 amide bonds. The number of thioether (sulfide) groups is 1. The Bertz CT molecular complexity index is 732. The zero-order valence-corrected chi connectivity index (χ0v) is 13.1. The van der Waals surface area contributed by atoms with Gasteiger partial charge in [-0.1, -0.05) is 30.4 Å². The van der Waals surface area contributed by atoms with Crippen molar-refractivity contribution in [3.63, 3.8) is 0 Å². The van der Waals surface area contributed by atoms with Crippen LogP contribution in [0.1, 0.15) is 17.3 Å². The molecule has 0 saturated carbocycles. The maximum atomic E-state index is 12.2. The molecule has 106 valence electrons. The quantitative estimate of drug-likeness (QED) is 0.712. The molecule has 0 spiro atoms. The van der Waals surface area contributed by atoms with Gasteiger partial charge in [-0.25, -0.2) is 4.98 Å². The average Bonchev–Trinajstić information content (AvgIpc) is 2.90. The summed E-state index contributed by atoms with van der Waals surface area (Å²) >= 11 is 3.25. The van der Waals surface area contributed by atoms with Crippen LogP contribution in [0.25, 0.3) is 10.2 Å². The minimum absolute atomic E-state index is 0.123. The minimum Gasteiger partial charge on any atom is -0.298 e. The van der Waals surface area contributed by atoms with E-state index < -0.39 is 0 Å². The van der Waals surface area contributed by atoms with E-state index in [0.717, 1.165) is 16.0 Å². The van der Waals surface area contributed by atoms with Crippen molar-refractivity contribution in [1.29, 1.82) is 0 Å². The van der Waals surface area contributed by atoms with Crippen LogP contribution in [0.5, 0.6) is 0 Å². The predicted octanol–water partition coefficient (Wildman–Crippen LogP) is 4.66. The number of hydrogen-bond acceptors (Lipinski definition) is 4. The molecule has 2 aromatic carbocycles. The van der Waals surface area contributed by atoms with Gasteiger partial charge in [0.1, 0.15) is 0 Å². The number of carbonyl (C=O) groups excluding carboxylic acids is 1. The Labute approximate surface area is 131 Å². The number of aromatic nitrogens is 1. The molecule has 21 heavy (non-hydrogen) atoms. The van der Waals surface area contributed by atoms with E-state index in [1.807, 2.05) is 48.5 Å². The molecule has 3 nitrogen and oxygen atoms in total. The van der Waals surface area contributed by atoms with Crippen LogP contribution in [0.4, 0.5) is 5.13 Å². The lowest BCUT2D eigenvalue weighted by Crippen LogP contribution is -2.11. The summed E-state index contributed by atoms with van der Waals surface area (Å²) in [5.41, 5.74) is 1.56. The second-order valence-corrected chi connectivity index (χ2v) is 6.77. The van der Waals surface area contributed by atoms with Crippen LogP contribution in [-0.2, 0) is 0 Å². The van der Waals surface area contributed by atoms with Gasteiger partial charge in [-0.2, -0.15) is 0 Å². The topological polar surface area (TPSA) is 42.0 Å². The molecule has 0 atom stereocenters. The SMILES string of the molecule is CCSc1ccc(C(=O)Nc2nc3ccccc3s2)cc1. The van der Waals surface area contributed by atoms with Gasteiger partial charge in [-0.3, -0.25) is 10.1 Å². The van der Waals surface area contributed by atoms with Crippen molar-refractivity contribution >= 4 is 44.4 Å². The Morgan fingerprint density at radius 3 is 2.67 bits per heavy atom. The number of para-hydroxylation sites is 1. The minimum atomic E-state index is -0.123. The fourth-order valence-corrected chi connectivity index (χ4v) is 3.49. The van der Waals surface area contributed by atoms with Crippen LogP contribution in [0, 0.1) is 0 Å². The molecule has 0 aliphatic rings. The summed E-state index contributed by atoms with van der Waals surface area (Å²) in [5.74, 6) is 0.902. The Hall–Kier alpha value is -1.85. The van der Waals surface area contributed by atoms with E-state index in [4.69, 9.17) is 0 Å². The molecule has 3 rings (SSSR count). The highest BCUT2D eigenvalue weighted by atomic mass is 32.2. The largest absolute Gasteiger partial charge is 0.298 e. The highest BCUT2D eigenvalue weighted by Crippen LogP contribution is 2.26. The Kier molecular flexibility index (Phi) is 4.22. The van der Waals surface area contributed by atoms with Crippen molar-refractivity contribution in [3.8, 4) is 0 Å². The third-order valence-corrected chi connectivity index (χ3v) is 4.79. The normalized spacial score (nSPS) is 10.7. The number of nitrogens with one attached hydrogen (secondary N) is 1. The maximum absolute atomic E-state index is 12.2. The van der Waals surface area contributed by atoms with E-state index in [1.54, 1.807) is 11.8 Å². The van der Waals surface area contributed by atoms with Crippen molar-refractivity contribution in [1.82, 2.24) is 4.98 Å². The van der Waals surface area contributed by atoms with Crippen molar-refractivity contribution in [2.75, 3.05) is 11.1 Å². The average molecular weight is 314 g/mol. The lowest BCUT2D eigenvalue weighted by atomic mass is 10.2. The molecule has 1 heterocycles. The lowest BCUT2D eigenvalue weighted by Gasteiger charge is -2.03. The summed E-state index contributed by atoms with van der Waals surface area (Å²) in [5, 5.41) is 3.49. The summed E-state index contributed by atoms with van der Waals surface area (Å²) < 4.78 is 1.07. The first-order chi connectivity index (χ1) is 10.3. The van der Waals surface area contributed by atoms with Crippen LogP contribution in [-0.4, -0.2) is 16.6 Å². The van der Waals surface area contributed by atoms with Crippen LogP contribution in [0.2, 0.25) is 0 Å². The van der Waals surface area contributed by atoms with E-state index in [0.29, 0.717) is 10.7 Å². The van der Waals surface area contributed by atoms with Crippen LogP contribution in [0.3, 0.4) is 0 Å². The summed E-state index contributed by atoms with van der Waals surface area (Å²) in [7, 11) is 0. The van der Waals surface area contributed by atoms with Crippen LogP contribution < -0.4 is 5.32 Å². The Morgan fingerprint density at radius 2 is 1.95 bits per heavy atom. The molecule has 0 aliphatic heterocycles. The third kappa shape index (κ3) is 3.25. The zero-order chi connectivity index (χ0) is 14.7. The van der Waals surface area contributed by atoms with Crippen LogP contribution >= 0.6 is 23.1 Å². The molecule has 1 aromatic heterocycles. The molecule has 0 unspecified atom stereocenters. The van der Waals surface area contributed by atoms with E-state index in [2.05, 4.69) is 17.2 Å². The molecule has 0 bridgehead atoms. The number of anilines is 1. The van der Waals surface area contributed by atoms with Gasteiger partial charge in [0.2, 0.25) is 0 Å². The number of rotatable bonds is 4. The fraction of sp³-hybridized carbons (Fsp3) is 0.125. The Morgan fingerprint density at radius 1 is 1.19 bits per heavy atom. The predicted molar refractivity (Wildman–Crippen MR) is 90.4 cm³/mol. The van der Waals surface area contributed by atoms with Gasteiger partial charge >= 0.3 is 0 Å². The molecule has 1 N–H and O–H groups in total. The molecule has 0 radical (unpaired) electrons. The first kappa shape index (κ1) is 14.1. The number of hydrogen-bond donors (Lipinski definition) is 1. The highest BCUT2D eigenvalue weighted by Gasteiger charge is 2.09. The van der Waals surface area contributed by atoms with Crippen molar-refractivity contribution in [2.24, 2.45) is 0 Å². The van der Waals surface area contributed by atoms with Gasteiger partial charge in [0, 0.05) is 10.5 Å². The molecular weight excluding hydrogens is 300 g/mol. The maximum Gasteiger partial charge on any atom is 0.257 e. The monoisotopic (exact) mass is 314 g/mol. The number of thiazole rings is 1. The Balaban J connectivity index is 1.76. The van der Waals surface area contributed by atoms with Gasteiger partial charge in [-0.15, -0.1) is 11.8 Å². The standard InChI is InChI=1S/C16H14N2OS2/c1-2-20-12-9-7-11(8-10-12)15(19)18-16-17-13-5-3-4-6-14(13)21-16/h3-10H,2H2,1H3,(H,17,18,19). The number of amides is 1. The van der Waals surface area contributed by atoms with E-state index in [9.17, 15) is 4.79 Å². The number of nitrogens with zero attached hydrogens (tertiary/aromatic N) is 1. The smallest absolute Gasteiger partial charge is 0.257 e. The summed E-state index contributed by atoms with van der Waals surface area (Å²) in [6, 6.07) is 15.5. The summed E-state index contributed by atoms with van der Waals surface area (Å²) in [6.45, 7) is 2.11. The molecular formula is C16H14N2OS2. The second kappa shape index (κ2) is 6.28. The molecule has 0 fully saturated rings. The zero-order valence-electron chi connectivity index (χ0n) is 11.5. The number of carbonyl (C=O) groups is 1. The molecule has 5 heteroatoms. The summed E-state index contributed by atoms with van der Waals surface area (Å²) in [4.78, 5) is 17.8. The van der Waals surface area contributed by atoms with E-state index in [-0.39, 0.29) is 5.91 Å². The molecule has 3 aromatic rings. The summed E-state index contributed by atoms with van der Waals surface area (Å²) in [6.07, 6.45) is 0. The van der Waals surface area contributed by atoms with Crippen molar-refractivity contribution in [2.45, 2.75) is 11.8 Å². The first-order valence-electron chi connectivity index (χ1n) is 6.66. The van der Waals surface area contributed by atoms with Gasteiger partial charge in [-0.05, 0) is 42.2 Å². The van der Waals surface area contributed by atoms with E-state index in [1.165, 1.54) is 16.2 Å². The second-order valence-electron chi connectivity index (χ2n) is 4.40. The first-order valence-corrected chi connectivity index (χ1v) is 8.46. The molecule has 0 saturated heterocycles. The van der Waals surface area contributed by atoms with Crippen LogP contribution in [0.15, 0.2) is 53.4 Å². The third-order valence-electron chi connectivity index (χ3n) is 2.94. The number of benzene rings is 2. The lowest BCUT2D eigenvalue weighted by molar-refractivity contribution is 0.102. The van der Waals surface area contributed by atoms with Crippen molar-refractivity contribution < 1.29 is 4.79 Å². The van der Waals surface area contributed by atoms with Crippen molar-refractivity contribution in [3.05, 3.63) is 54.1 Å². The fourth-order valence-electron chi connectivity index (χ4n) is 1.96. The van der Waals surface area contributed by atoms with E-state index >= 15 is 0 Å². The van der Waals surface area contributed by atoms with Gasteiger partial charge in [0.05, 0.1) is 10.2 Å². The van der Waals surface area contributed by atoms with Gasteiger partial charge in [0.25, 0.3) is 5.91 Å². The van der Waals surface area contributed by atoms with Gasteiger partial charge in [0.15, 0.2) is 5.13 Å². The molecule has 0 aliphatic carbocycles. The highest BCUT2D eigenvalue weighted by molar-refractivity contribution is 7.99. The van der Waals surface area contributed by atoms with Gasteiger partial charge < -0.3 is 0 Å².